The predicted octanol–water partition coefficient (Wildman–Crippen LogP) is 6.30. The first-order valence-electron chi connectivity index (χ1n) is 9.91. The average Bonchev–Trinajstić information content (AvgIpc) is 3.18. The Bertz CT molecular complexity index is 958. The van der Waals surface area contributed by atoms with Gasteiger partial charge in [0.15, 0.2) is 0 Å². The van der Waals surface area contributed by atoms with Gasteiger partial charge >= 0.3 is 0 Å². The maximum atomic E-state index is 4.99. The molecule has 2 heterocycles. The molecule has 1 aromatic carbocycles. The third-order valence-electron chi connectivity index (χ3n) is 5.28. The SMILES string of the molecule is CC.CC1=C2C3=C(CC=CC=C3)NC2CCc2nc(-c3ccccc3)sc21. The van der Waals surface area contributed by atoms with Gasteiger partial charge in [0, 0.05) is 17.7 Å². The van der Waals surface area contributed by atoms with Gasteiger partial charge in [0.1, 0.15) is 5.01 Å². The van der Waals surface area contributed by atoms with E-state index in [1.54, 1.807) is 0 Å². The minimum atomic E-state index is 0.433. The molecule has 2 nitrogen and oxygen atoms in total. The van der Waals surface area contributed by atoms with Gasteiger partial charge in [-0.05, 0) is 36.5 Å². The first kappa shape index (κ1) is 18.0. The van der Waals surface area contributed by atoms with Crippen molar-refractivity contribution in [2.45, 2.75) is 46.1 Å². The van der Waals surface area contributed by atoms with Crippen molar-refractivity contribution in [3.63, 3.8) is 0 Å². The molecule has 27 heavy (non-hydrogen) atoms. The van der Waals surface area contributed by atoms with E-state index in [-0.39, 0.29) is 0 Å². The summed E-state index contributed by atoms with van der Waals surface area (Å²) in [6.07, 6.45) is 12.0. The van der Waals surface area contributed by atoms with E-state index in [9.17, 15) is 0 Å². The fraction of sp³-hybridized carbons (Fsp3) is 0.292. The van der Waals surface area contributed by atoms with Gasteiger partial charge in [-0.2, -0.15) is 0 Å². The molecule has 1 aromatic heterocycles. The molecule has 2 aromatic rings. The van der Waals surface area contributed by atoms with Crippen LogP contribution in [-0.2, 0) is 6.42 Å². The second-order valence-electron chi connectivity index (χ2n) is 6.82. The average molecular weight is 375 g/mol. The molecule has 0 amide bonds. The van der Waals surface area contributed by atoms with Gasteiger partial charge < -0.3 is 5.32 Å². The van der Waals surface area contributed by atoms with Crippen LogP contribution in [0.15, 0.2) is 71.5 Å². The van der Waals surface area contributed by atoms with Crippen LogP contribution in [0.4, 0.5) is 0 Å². The molecule has 0 saturated heterocycles. The van der Waals surface area contributed by atoms with Crippen molar-refractivity contribution in [3.05, 3.63) is 82.1 Å². The minimum Gasteiger partial charge on any atom is -0.381 e. The summed E-state index contributed by atoms with van der Waals surface area (Å²) in [5, 5.41) is 4.91. The summed E-state index contributed by atoms with van der Waals surface area (Å²) in [6, 6.07) is 11.0. The molecule has 2 aliphatic carbocycles. The zero-order valence-corrected chi connectivity index (χ0v) is 17.1. The number of thiazole rings is 1. The number of hydrogen-bond donors (Lipinski definition) is 1. The van der Waals surface area contributed by atoms with Crippen LogP contribution in [0.5, 0.6) is 0 Å². The number of rotatable bonds is 1. The van der Waals surface area contributed by atoms with E-state index in [0.29, 0.717) is 6.04 Å². The Kier molecular flexibility index (Phi) is 5.13. The summed E-state index contributed by atoms with van der Waals surface area (Å²) in [6.45, 7) is 6.28. The van der Waals surface area contributed by atoms with Crippen LogP contribution in [0, 0.1) is 0 Å². The van der Waals surface area contributed by atoms with Gasteiger partial charge in [0.2, 0.25) is 0 Å². The Morgan fingerprint density at radius 2 is 1.93 bits per heavy atom. The lowest BCUT2D eigenvalue weighted by atomic mass is 9.95. The first-order valence-corrected chi connectivity index (χ1v) is 10.7. The quantitative estimate of drug-likeness (QED) is 0.634. The Balaban J connectivity index is 0.000000872. The lowest BCUT2D eigenvalue weighted by molar-refractivity contribution is 0.619. The zero-order chi connectivity index (χ0) is 18.8. The fourth-order valence-corrected chi connectivity index (χ4v) is 5.22. The van der Waals surface area contributed by atoms with Crippen LogP contribution in [0.3, 0.4) is 0 Å². The molecule has 138 valence electrons. The largest absolute Gasteiger partial charge is 0.381 e. The Morgan fingerprint density at radius 3 is 2.74 bits per heavy atom. The summed E-state index contributed by atoms with van der Waals surface area (Å²) in [5.74, 6) is 0. The summed E-state index contributed by atoms with van der Waals surface area (Å²) in [7, 11) is 0. The highest BCUT2D eigenvalue weighted by atomic mass is 32.1. The number of nitrogens with zero attached hydrogens (tertiary/aromatic N) is 1. The van der Waals surface area contributed by atoms with Crippen molar-refractivity contribution in [1.82, 2.24) is 10.3 Å². The third-order valence-corrected chi connectivity index (χ3v) is 6.54. The topological polar surface area (TPSA) is 24.9 Å². The van der Waals surface area contributed by atoms with Gasteiger partial charge in [-0.15, -0.1) is 11.3 Å². The van der Waals surface area contributed by atoms with Crippen LogP contribution >= 0.6 is 11.3 Å². The highest BCUT2D eigenvalue weighted by Crippen LogP contribution is 2.43. The zero-order valence-electron chi connectivity index (χ0n) is 16.3. The Hall–Kier alpha value is -2.39. The van der Waals surface area contributed by atoms with E-state index < -0.39 is 0 Å². The van der Waals surface area contributed by atoms with Crippen molar-refractivity contribution >= 4 is 16.9 Å². The number of aromatic nitrogens is 1. The van der Waals surface area contributed by atoms with Gasteiger partial charge in [-0.1, -0.05) is 68.5 Å². The molecule has 0 bridgehead atoms. The number of fused-ring (bicyclic) bond motifs is 3. The molecular formula is C24H26N2S. The van der Waals surface area contributed by atoms with Gasteiger partial charge in [0.05, 0.1) is 16.6 Å². The lowest BCUT2D eigenvalue weighted by Gasteiger charge is -2.14. The standard InChI is InChI=1S/C22H20N2S.C2H6/c1-14-20-16-10-6-3-7-11-17(16)23-18(20)12-13-19-21(14)25-22(24-19)15-8-4-2-5-9-15;1-2/h2-10,18,23H,11-13H2,1H3;1-2H3. The van der Waals surface area contributed by atoms with E-state index in [1.807, 2.05) is 25.2 Å². The molecule has 0 saturated carbocycles. The van der Waals surface area contributed by atoms with Crippen LogP contribution < -0.4 is 5.32 Å². The van der Waals surface area contributed by atoms with Crippen molar-refractivity contribution in [2.24, 2.45) is 0 Å². The predicted molar refractivity (Wildman–Crippen MR) is 117 cm³/mol. The second kappa shape index (κ2) is 7.69. The second-order valence-corrected chi connectivity index (χ2v) is 7.82. The van der Waals surface area contributed by atoms with E-state index in [1.165, 1.54) is 38.6 Å². The maximum absolute atomic E-state index is 4.99. The fourth-order valence-electron chi connectivity index (χ4n) is 4.09. The van der Waals surface area contributed by atoms with Crippen LogP contribution in [0.2, 0.25) is 0 Å². The van der Waals surface area contributed by atoms with Crippen molar-refractivity contribution in [3.8, 4) is 10.6 Å². The van der Waals surface area contributed by atoms with Crippen molar-refractivity contribution in [1.29, 1.82) is 0 Å². The summed E-state index contributed by atoms with van der Waals surface area (Å²) >= 11 is 1.84. The van der Waals surface area contributed by atoms with Crippen molar-refractivity contribution < 1.29 is 0 Å². The Morgan fingerprint density at radius 1 is 1.11 bits per heavy atom. The smallest absolute Gasteiger partial charge is 0.124 e. The molecule has 0 spiro atoms. The first-order chi connectivity index (χ1) is 13.3. The van der Waals surface area contributed by atoms with E-state index >= 15 is 0 Å². The normalized spacial score (nSPS) is 20.0. The third kappa shape index (κ3) is 3.21. The van der Waals surface area contributed by atoms with Crippen LogP contribution in [0.25, 0.3) is 16.1 Å². The van der Waals surface area contributed by atoms with Crippen molar-refractivity contribution in [2.75, 3.05) is 0 Å². The molecule has 0 radical (unpaired) electrons. The van der Waals surface area contributed by atoms with E-state index in [2.05, 4.69) is 66.9 Å². The van der Waals surface area contributed by atoms with E-state index in [0.717, 1.165) is 24.3 Å². The number of allylic oxidation sites excluding steroid dienone is 5. The minimum absolute atomic E-state index is 0.433. The molecule has 3 heteroatoms. The lowest BCUT2D eigenvalue weighted by Crippen LogP contribution is -2.24. The molecule has 3 aliphatic rings. The van der Waals surface area contributed by atoms with Gasteiger partial charge in [-0.3, -0.25) is 0 Å². The van der Waals surface area contributed by atoms with Crippen LogP contribution in [-0.4, -0.2) is 11.0 Å². The highest BCUT2D eigenvalue weighted by Gasteiger charge is 2.33. The highest BCUT2D eigenvalue weighted by molar-refractivity contribution is 7.16. The molecule has 1 N–H and O–H groups in total. The monoisotopic (exact) mass is 374 g/mol. The molecule has 1 atom stereocenters. The molecular weight excluding hydrogens is 348 g/mol. The molecule has 0 fully saturated rings. The summed E-state index contributed by atoms with van der Waals surface area (Å²) in [5.41, 5.74) is 8.15. The molecule has 1 aliphatic heterocycles. The van der Waals surface area contributed by atoms with E-state index in [4.69, 9.17) is 4.98 Å². The number of nitrogens with one attached hydrogen (secondary N) is 1. The molecule has 1 unspecified atom stereocenters. The molecule has 5 rings (SSSR count). The number of hydrogen-bond acceptors (Lipinski definition) is 3. The number of benzene rings is 1. The van der Waals surface area contributed by atoms with Crippen LogP contribution in [0.1, 0.15) is 44.2 Å². The Labute approximate surface area is 166 Å². The summed E-state index contributed by atoms with van der Waals surface area (Å²) in [4.78, 5) is 6.36. The number of aryl methyl sites for hydroxylation is 1. The van der Waals surface area contributed by atoms with Gasteiger partial charge in [0.25, 0.3) is 0 Å². The summed E-state index contributed by atoms with van der Waals surface area (Å²) < 4.78 is 0. The maximum Gasteiger partial charge on any atom is 0.124 e. The van der Waals surface area contributed by atoms with Gasteiger partial charge in [-0.25, -0.2) is 4.98 Å².